The number of likely N-dealkylation sites (N-methyl/N-ethyl adjacent to an activating group) is 1. The lowest BCUT2D eigenvalue weighted by Crippen LogP contribution is -2.37. The van der Waals surface area contributed by atoms with Crippen molar-refractivity contribution in [2.24, 2.45) is 0 Å². The van der Waals surface area contributed by atoms with E-state index in [2.05, 4.69) is 10.3 Å². The second-order valence-corrected chi connectivity index (χ2v) is 6.09. The molecule has 0 atom stereocenters. The number of halogens is 3. The standard InChI is InChI=1S/C16H16F3N3O2S/c1-3-22(8-13(23)21-15-20-10(2)9-25-15)14(24)11-4-6-12(7-5-11)16(17,18)19/h4-7,9H,3,8H2,1-2H3,(H,20,21,23). The summed E-state index contributed by atoms with van der Waals surface area (Å²) in [5.74, 6) is -0.932. The van der Waals surface area contributed by atoms with Crippen LogP contribution in [-0.4, -0.2) is 34.8 Å². The molecule has 0 bridgehead atoms. The van der Waals surface area contributed by atoms with Gasteiger partial charge in [0.25, 0.3) is 5.91 Å². The lowest BCUT2D eigenvalue weighted by Gasteiger charge is -2.20. The number of benzene rings is 1. The van der Waals surface area contributed by atoms with Crippen LogP contribution in [0.5, 0.6) is 0 Å². The van der Waals surface area contributed by atoms with Crippen molar-refractivity contribution in [2.75, 3.05) is 18.4 Å². The molecule has 2 amide bonds. The maximum Gasteiger partial charge on any atom is 0.416 e. The van der Waals surface area contributed by atoms with Crippen LogP contribution in [-0.2, 0) is 11.0 Å². The van der Waals surface area contributed by atoms with Gasteiger partial charge in [-0.3, -0.25) is 9.59 Å². The van der Waals surface area contributed by atoms with Gasteiger partial charge < -0.3 is 10.2 Å². The molecule has 0 aliphatic carbocycles. The van der Waals surface area contributed by atoms with Crippen molar-refractivity contribution in [2.45, 2.75) is 20.0 Å². The van der Waals surface area contributed by atoms with Crippen molar-refractivity contribution in [3.05, 3.63) is 46.5 Å². The molecule has 0 fully saturated rings. The molecule has 9 heteroatoms. The highest BCUT2D eigenvalue weighted by Gasteiger charge is 2.30. The summed E-state index contributed by atoms with van der Waals surface area (Å²) >= 11 is 1.27. The van der Waals surface area contributed by atoms with Crippen LogP contribution >= 0.6 is 11.3 Å². The first kappa shape index (κ1) is 18.9. The van der Waals surface area contributed by atoms with Gasteiger partial charge in [-0.05, 0) is 38.1 Å². The van der Waals surface area contributed by atoms with E-state index in [0.717, 1.165) is 30.0 Å². The van der Waals surface area contributed by atoms with Crippen LogP contribution < -0.4 is 5.32 Å². The van der Waals surface area contributed by atoms with E-state index in [1.54, 1.807) is 19.2 Å². The van der Waals surface area contributed by atoms with E-state index in [-0.39, 0.29) is 18.7 Å². The van der Waals surface area contributed by atoms with Gasteiger partial charge in [0.2, 0.25) is 5.91 Å². The lowest BCUT2D eigenvalue weighted by molar-refractivity contribution is -0.137. The van der Waals surface area contributed by atoms with E-state index in [1.807, 2.05) is 0 Å². The Labute approximate surface area is 146 Å². The quantitative estimate of drug-likeness (QED) is 0.874. The number of nitrogens with zero attached hydrogens (tertiary/aromatic N) is 2. The number of aromatic nitrogens is 1. The maximum absolute atomic E-state index is 12.6. The van der Waals surface area contributed by atoms with Crippen molar-refractivity contribution >= 4 is 28.3 Å². The fraction of sp³-hybridized carbons (Fsp3) is 0.312. The first-order valence-corrected chi connectivity index (χ1v) is 8.27. The molecule has 0 aliphatic heterocycles. The molecule has 0 radical (unpaired) electrons. The zero-order valence-electron chi connectivity index (χ0n) is 13.6. The molecule has 2 aromatic rings. The third-order valence-electron chi connectivity index (χ3n) is 3.33. The van der Waals surface area contributed by atoms with Crippen LogP contribution in [0.2, 0.25) is 0 Å². The molecular formula is C16H16F3N3O2S. The Morgan fingerprint density at radius 2 is 1.88 bits per heavy atom. The topological polar surface area (TPSA) is 62.3 Å². The SMILES string of the molecule is CCN(CC(=O)Nc1nc(C)cs1)C(=O)c1ccc(C(F)(F)F)cc1. The summed E-state index contributed by atoms with van der Waals surface area (Å²) < 4.78 is 37.7. The molecule has 1 aromatic heterocycles. The Morgan fingerprint density at radius 1 is 1.24 bits per heavy atom. The molecular weight excluding hydrogens is 355 g/mol. The minimum atomic E-state index is -4.46. The van der Waals surface area contributed by atoms with Gasteiger partial charge in [-0.15, -0.1) is 11.3 Å². The van der Waals surface area contributed by atoms with Gasteiger partial charge in [0.05, 0.1) is 11.3 Å². The number of hydrogen-bond acceptors (Lipinski definition) is 4. The summed E-state index contributed by atoms with van der Waals surface area (Å²) in [6.07, 6.45) is -4.46. The predicted molar refractivity (Wildman–Crippen MR) is 88.5 cm³/mol. The monoisotopic (exact) mass is 371 g/mol. The maximum atomic E-state index is 12.6. The number of amides is 2. The van der Waals surface area contributed by atoms with Gasteiger partial charge >= 0.3 is 6.18 Å². The predicted octanol–water partition coefficient (Wildman–Crippen LogP) is 3.57. The second-order valence-electron chi connectivity index (χ2n) is 5.24. The van der Waals surface area contributed by atoms with Crippen molar-refractivity contribution in [3.8, 4) is 0 Å². The van der Waals surface area contributed by atoms with E-state index in [4.69, 9.17) is 0 Å². The number of nitrogens with one attached hydrogen (secondary N) is 1. The summed E-state index contributed by atoms with van der Waals surface area (Å²) in [4.78, 5) is 29.8. The van der Waals surface area contributed by atoms with E-state index in [0.29, 0.717) is 5.13 Å². The lowest BCUT2D eigenvalue weighted by atomic mass is 10.1. The third kappa shape index (κ3) is 5.02. The summed E-state index contributed by atoms with van der Waals surface area (Å²) in [5.41, 5.74) is 0.0326. The van der Waals surface area contributed by atoms with Crippen molar-refractivity contribution in [1.29, 1.82) is 0 Å². The smallest absolute Gasteiger partial charge is 0.330 e. The fourth-order valence-electron chi connectivity index (χ4n) is 2.06. The summed E-state index contributed by atoms with van der Waals surface area (Å²) in [6.45, 7) is 3.50. The first-order chi connectivity index (χ1) is 11.7. The highest BCUT2D eigenvalue weighted by molar-refractivity contribution is 7.13. The molecule has 5 nitrogen and oxygen atoms in total. The molecule has 0 aliphatic rings. The zero-order valence-corrected chi connectivity index (χ0v) is 14.4. The summed E-state index contributed by atoms with van der Waals surface area (Å²) in [5, 5.41) is 4.80. The largest absolute Gasteiger partial charge is 0.416 e. The molecule has 1 aromatic carbocycles. The van der Waals surface area contributed by atoms with E-state index >= 15 is 0 Å². The highest BCUT2D eigenvalue weighted by Crippen LogP contribution is 2.29. The third-order valence-corrected chi connectivity index (χ3v) is 4.20. The van der Waals surface area contributed by atoms with Crippen molar-refractivity contribution in [1.82, 2.24) is 9.88 Å². The molecule has 0 saturated heterocycles. The first-order valence-electron chi connectivity index (χ1n) is 7.39. The molecule has 2 rings (SSSR count). The Kier molecular flexibility index (Phi) is 5.78. The van der Waals surface area contributed by atoms with Crippen LogP contribution in [0.3, 0.4) is 0 Å². The minimum absolute atomic E-state index is 0.0905. The molecule has 134 valence electrons. The molecule has 1 N–H and O–H groups in total. The van der Waals surface area contributed by atoms with E-state index in [1.165, 1.54) is 16.2 Å². The number of carbonyl (C=O) groups excluding carboxylic acids is 2. The second kappa shape index (κ2) is 7.64. The number of hydrogen-bond donors (Lipinski definition) is 1. The van der Waals surface area contributed by atoms with Crippen molar-refractivity contribution in [3.63, 3.8) is 0 Å². The molecule has 0 unspecified atom stereocenters. The Balaban J connectivity index is 2.03. The average Bonchev–Trinajstić information content (AvgIpc) is 2.96. The number of aryl methyl sites for hydroxylation is 1. The molecule has 1 heterocycles. The number of alkyl halides is 3. The molecule has 25 heavy (non-hydrogen) atoms. The summed E-state index contributed by atoms with van der Waals surface area (Å²) in [6, 6.07) is 3.91. The minimum Gasteiger partial charge on any atom is -0.330 e. The highest BCUT2D eigenvalue weighted by atomic mass is 32.1. The Bertz CT molecular complexity index is 757. The number of carbonyl (C=O) groups is 2. The summed E-state index contributed by atoms with van der Waals surface area (Å²) in [7, 11) is 0. The van der Waals surface area contributed by atoms with Crippen LogP contribution in [0.4, 0.5) is 18.3 Å². The normalized spacial score (nSPS) is 11.2. The van der Waals surface area contributed by atoms with Gasteiger partial charge in [0, 0.05) is 17.5 Å². The van der Waals surface area contributed by atoms with E-state index in [9.17, 15) is 22.8 Å². The fourth-order valence-corrected chi connectivity index (χ4v) is 2.76. The van der Waals surface area contributed by atoms with Gasteiger partial charge in [0.15, 0.2) is 5.13 Å². The number of anilines is 1. The van der Waals surface area contributed by atoms with Gasteiger partial charge in [-0.1, -0.05) is 0 Å². The van der Waals surface area contributed by atoms with Gasteiger partial charge in [-0.25, -0.2) is 4.98 Å². The van der Waals surface area contributed by atoms with Crippen LogP contribution in [0.25, 0.3) is 0 Å². The number of thiazole rings is 1. The molecule has 0 saturated carbocycles. The van der Waals surface area contributed by atoms with Gasteiger partial charge in [0.1, 0.15) is 6.54 Å². The average molecular weight is 371 g/mol. The van der Waals surface area contributed by atoms with Crippen LogP contribution in [0, 0.1) is 6.92 Å². The van der Waals surface area contributed by atoms with Gasteiger partial charge in [-0.2, -0.15) is 13.2 Å². The van der Waals surface area contributed by atoms with E-state index < -0.39 is 23.6 Å². The van der Waals surface area contributed by atoms with Crippen molar-refractivity contribution < 1.29 is 22.8 Å². The molecule has 0 spiro atoms. The number of rotatable bonds is 5. The Hall–Kier alpha value is -2.42. The Morgan fingerprint density at radius 3 is 2.36 bits per heavy atom. The van der Waals surface area contributed by atoms with Crippen LogP contribution in [0.1, 0.15) is 28.5 Å². The van der Waals surface area contributed by atoms with Crippen LogP contribution in [0.15, 0.2) is 29.6 Å². The zero-order chi connectivity index (χ0) is 18.6.